The molecule has 1 N–H and O–H groups in total. The number of hydrogen-bond acceptors (Lipinski definition) is 2. The van der Waals surface area contributed by atoms with Crippen LogP contribution in [-0.4, -0.2) is 6.54 Å². The second-order valence-corrected chi connectivity index (χ2v) is 7.04. The van der Waals surface area contributed by atoms with Gasteiger partial charge in [0.15, 0.2) is 0 Å². The largest absolute Gasteiger partial charge is 0.309 e. The molecular weight excluding hydrogens is 309 g/mol. The van der Waals surface area contributed by atoms with Crippen LogP contribution in [0.4, 0.5) is 0 Å². The number of nitrogens with one attached hydrogen (secondary N) is 1. The van der Waals surface area contributed by atoms with Crippen molar-refractivity contribution in [2.45, 2.75) is 32.7 Å². The summed E-state index contributed by atoms with van der Waals surface area (Å²) in [5, 5.41) is 4.85. The Hall–Kier alpha value is -0.540. The van der Waals surface area contributed by atoms with Crippen LogP contribution in [0.15, 0.2) is 30.3 Å². The predicted octanol–water partition coefficient (Wildman–Crippen LogP) is 5.65. The van der Waals surface area contributed by atoms with E-state index in [-0.39, 0.29) is 0 Å². The van der Waals surface area contributed by atoms with E-state index >= 15 is 0 Å². The average molecular weight is 328 g/mol. The van der Waals surface area contributed by atoms with Gasteiger partial charge >= 0.3 is 0 Å². The van der Waals surface area contributed by atoms with Crippen LogP contribution in [-0.2, 0) is 6.42 Å². The van der Waals surface area contributed by atoms with Gasteiger partial charge in [0.2, 0.25) is 0 Å². The monoisotopic (exact) mass is 327 g/mol. The minimum Gasteiger partial charge on any atom is -0.309 e. The molecule has 4 heteroatoms. The molecule has 0 bridgehead atoms. The van der Waals surface area contributed by atoms with Crippen LogP contribution in [0.3, 0.4) is 0 Å². The van der Waals surface area contributed by atoms with Crippen LogP contribution < -0.4 is 5.32 Å². The molecule has 0 spiro atoms. The summed E-state index contributed by atoms with van der Waals surface area (Å²) in [6.07, 6.45) is 2.05. The van der Waals surface area contributed by atoms with Gasteiger partial charge in [0, 0.05) is 15.8 Å². The van der Waals surface area contributed by atoms with E-state index in [1.165, 1.54) is 15.3 Å². The summed E-state index contributed by atoms with van der Waals surface area (Å²) in [6.45, 7) is 5.34. The zero-order valence-corrected chi connectivity index (χ0v) is 14.1. The fourth-order valence-corrected chi connectivity index (χ4v) is 3.41. The Bertz CT molecular complexity index is 565. The highest BCUT2D eigenvalue weighted by atomic mass is 35.5. The van der Waals surface area contributed by atoms with Crippen molar-refractivity contribution in [1.82, 2.24) is 5.32 Å². The highest BCUT2D eigenvalue weighted by Gasteiger charge is 2.14. The molecule has 20 heavy (non-hydrogen) atoms. The highest BCUT2D eigenvalue weighted by molar-refractivity contribution is 7.12. The van der Waals surface area contributed by atoms with Gasteiger partial charge in [-0.2, -0.15) is 0 Å². The molecule has 108 valence electrons. The fraction of sp³-hybridized carbons (Fsp3) is 0.375. The van der Waals surface area contributed by atoms with Crippen molar-refractivity contribution < 1.29 is 0 Å². The lowest BCUT2D eigenvalue weighted by atomic mass is 10.0. The predicted molar refractivity (Wildman–Crippen MR) is 90.3 cm³/mol. The quantitative estimate of drug-likeness (QED) is 0.723. The van der Waals surface area contributed by atoms with Gasteiger partial charge in [-0.25, -0.2) is 0 Å². The number of benzene rings is 1. The highest BCUT2D eigenvalue weighted by Crippen LogP contribution is 2.28. The molecule has 0 saturated carbocycles. The fourth-order valence-electron chi connectivity index (χ4n) is 2.13. The Morgan fingerprint density at radius 2 is 1.95 bits per heavy atom. The third-order valence-corrected chi connectivity index (χ3v) is 5.02. The molecule has 1 aromatic carbocycles. The molecule has 1 aromatic heterocycles. The zero-order valence-electron chi connectivity index (χ0n) is 11.7. The molecule has 0 aliphatic carbocycles. The standard InChI is InChI=1S/C16H19Cl2NS/c1-3-8-19-15(16-7-4-11(2)20-16)10-12-5-6-13(17)14(18)9-12/h4-7,9,15,19H,3,8,10H2,1-2H3. The van der Waals surface area contributed by atoms with Gasteiger partial charge in [-0.1, -0.05) is 36.2 Å². The molecule has 1 atom stereocenters. The summed E-state index contributed by atoms with van der Waals surface area (Å²) >= 11 is 13.9. The summed E-state index contributed by atoms with van der Waals surface area (Å²) in [5.74, 6) is 0. The Kier molecular flexibility index (Phi) is 5.91. The average Bonchev–Trinajstić information content (AvgIpc) is 2.85. The lowest BCUT2D eigenvalue weighted by Gasteiger charge is -2.17. The van der Waals surface area contributed by atoms with E-state index in [1.54, 1.807) is 0 Å². The smallest absolute Gasteiger partial charge is 0.0595 e. The van der Waals surface area contributed by atoms with Crippen LogP contribution in [0.25, 0.3) is 0 Å². The molecule has 2 aromatic rings. The molecule has 0 radical (unpaired) electrons. The van der Waals surface area contributed by atoms with Crippen molar-refractivity contribution in [2.24, 2.45) is 0 Å². The summed E-state index contributed by atoms with van der Waals surface area (Å²) in [7, 11) is 0. The van der Waals surface area contributed by atoms with E-state index in [0.717, 1.165) is 19.4 Å². The first-order valence-electron chi connectivity index (χ1n) is 6.83. The van der Waals surface area contributed by atoms with Crippen molar-refractivity contribution in [3.05, 3.63) is 55.7 Å². The normalized spacial score (nSPS) is 12.6. The summed E-state index contributed by atoms with van der Waals surface area (Å²) < 4.78 is 0. The first-order valence-corrected chi connectivity index (χ1v) is 8.41. The second kappa shape index (κ2) is 7.46. The lowest BCUT2D eigenvalue weighted by molar-refractivity contribution is 0.536. The Labute approximate surface area is 134 Å². The van der Waals surface area contributed by atoms with Gasteiger partial charge in [0.05, 0.1) is 10.0 Å². The van der Waals surface area contributed by atoms with E-state index in [4.69, 9.17) is 23.2 Å². The van der Waals surface area contributed by atoms with E-state index < -0.39 is 0 Å². The van der Waals surface area contributed by atoms with E-state index in [1.807, 2.05) is 23.5 Å². The number of hydrogen-bond donors (Lipinski definition) is 1. The molecule has 0 saturated heterocycles. The summed E-state index contributed by atoms with van der Waals surface area (Å²) in [4.78, 5) is 2.72. The van der Waals surface area contributed by atoms with E-state index in [0.29, 0.717) is 16.1 Å². The van der Waals surface area contributed by atoms with Gasteiger partial charge in [0.1, 0.15) is 0 Å². The Morgan fingerprint density at radius 1 is 1.15 bits per heavy atom. The van der Waals surface area contributed by atoms with Gasteiger partial charge in [-0.3, -0.25) is 0 Å². The van der Waals surface area contributed by atoms with Crippen LogP contribution in [0.2, 0.25) is 10.0 Å². The maximum Gasteiger partial charge on any atom is 0.0595 e. The summed E-state index contributed by atoms with van der Waals surface area (Å²) in [5.41, 5.74) is 1.21. The Balaban J connectivity index is 2.16. The molecular formula is C16H19Cl2NS. The van der Waals surface area contributed by atoms with Crippen molar-refractivity contribution in [3.8, 4) is 0 Å². The van der Waals surface area contributed by atoms with Crippen molar-refractivity contribution in [1.29, 1.82) is 0 Å². The van der Waals surface area contributed by atoms with Crippen LogP contribution in [0.1, 0.15) is 34.7 Å². The lowest BCUT2D eigenvalue weighted by Crippen LogP contribution is -2.23. The van der Waals surface area contributed by atoms with Crippen molar-refractivity contribution in [3.63, 3.8) is 0 Å². The molecule has 0 aliphatic rings. The first kappa shape index (κ1) is 15.8. The topological polar surface area (TPSA) is 12.0 Å². The zero-order chi connectivity index (χ0) is 14.5. The van der Waals surface area contributed by atoms with Crippen LogP contribution in [0, 0.1) is 6.92 Å². The van der Waals surface area contributed by atoms with Crippen LogP contribution >= 0.6 is 34.5 Å². The van der Waals surface area contributed by atoms with Gasteiger partial charge in [-0.15, -0.1) is 11.3 Å². The number of rotatable bonds is 6. The number of halogens is 2. The van der Waals surface area contributed by atoms with Crippen LogP contribution in [0.5, 0.6) is 0 Å². The number of aryl methyl sites for hydroxylation is 1. The molecule has 0 aliphatic heterocycles. The molecule has 0 amide bonds. The maximum atomic E-state index is 6.10. The van der Waals surface area contributed by atoms with Gasteiger partial charge in [0.25, 0.3) is 0 Å². The molecule has 1 unspecified atom stereocenters. The molecule has 2 rings (SSSR count). The number of thiophene rings is 1. The first-order chi connectivity index (χ1) is 9.60. The van der Waals surface area contributed by atoms with Gasteiger partial charge in [-0.05, 0) is 56.1 Å². The minimum atomic E-state index is 0.339. The Morgan fingerprint density at radius 3 is 2.55 bits per heavy atom. The molecule has 1 heterocycles. The van der Waals surface area contributed by atoms with E-state index in [2.05, 4.69) is 37.4 Å². The third-order valence-electron chi connectivity index (χ3n) is 3.17. The van der Waals surface area contributed by atoms with Crippen molar-refractivity contribution >= 4 is 34.5 Å². The minimum absolute atomic E-state index is 0.339. The SMILES string of the molecule is CCCNC(Cc1ccc(Cl)c(Cl)c1)c1ccc(C)s1. The molecule has 0 fully saturated rings. The maximum absolute atomic E-state index is 6.10. The van der Waals surface area contributed by atoms with E-state index in [9.17, 15) is 0 Å². The van der Waals surface area contributed by atoms with Gasteiger partial charge < -0.3 is 5.32 Å². The third kappa shape index (κ3) is 4.23. The second-order valence-electron chi connectivity index (χ2n) is 4.91. The molecule has 1 nitrogen and oxygen atoms in total. The van der Waals surface area contributed by atoms with Crippen molar-refractivity contribution in [2.75, 3.05) is 6.54 Å². The summed E-state index contributed by atoms with van der Waals surface area (Å²) in [6, 6.07) is 10.6.